The molecule has 188 valence electrons. The summed E-state index contributed by atoms with van der Waals surface area (Å²) in [6, 6.07) is 19.2. The molecule has 0 spiro atoms. The maximum Gasteiger partial charge on any atom is 0.343 e. The predicted molar refractivity (Wildman–Crippen MR) is 137 cm³/mol. The highest BCUT2D eigenvalue weighted by Crippen LogP contribution is 2.27. The average molecular weight is 530 g/mol. The zero-order valence-electron chi connectivity index (χ0n) is 19.5. The number of carbonyl (C=O) groups excluding carboxylic acids is 2. The molecule has 0 saturated carbocycles. The van der Waals surface area contributed by atoms with E-state index in [1.54, 1.807) is 61.5 Å². The molecule has 3 rings (SSSR count). The van der Waals surface area contributed by atoms with E-state index in [1.165, 1.54) is 31.5 Å². The maximum absolute atomic E-state index is 13.3. The summed E-state index contributed by atoms with van der Waals surface area (Å²) in [7, 11) is -2.79. The average Bonchev–Trinajstić information content (AvgIpc) is 2.88. The molecule has 0 atom stereocenters. The highest BCUT2D eigenvalue weighted by atomic mass is 35.5. The molecular formula is C25H24ClN3O6S. The largest absolute Gasteiger partial charge is 0.482 e. The van der Waals surface area contributed by atoms with Crippen LogP contribution in [0.2, 0.25) is 5.02 Å². The summed E-state index contributed by atoms with van der Waals surface area (Å²) >= 11 is 6.22. The van der Waals surface area contributed by atoms with Crippen molar-refractivity contribution < 1.29 is 27.5 Å². The van der Waals surface area contributed by atoms with E-state index in [9.17, 15) is 18.0 Å². The Bertz CT molecular complexity index is 1350. The van der Waals surface area contributed by atoms with E-state index >= 15 is 0 Å². The van der Waals surface area contributed by atoms with Crippen molar-refractivity contribution in [3.63, 3.8) is 0 Å². The molecule has 3 aromatic carbocycles. The topological polar surface area (TPSA) is 114 Å². The number of ether oxygens (including phenoxy) is 2. The number of benzene rings is 3. The Morgan fingerprint density at radius 3 is 2.39 bits per heavy atom. The third kappa shape index (κ3) is 7.06. The first-order valence-electron chi connectivity index (χ1n) is 10.7. The molecule has 1 N–H and O–H groups in total. The molecule has 3 aromatic rings. The van der Waals surface area contributed by atoms with Gasteiger partial charge in [-0.3, -0.25) is 9.10 Å². The molecule has 9 nitrogen and oxygen atoms in total. The number of halogens is 1. The van der Waals surface area contributed by atoms with E-state index in [4.69, 9.17) is 16.3 Å². The number of methoxy groups -OCH3 is 1. The molecular weight excluding hydrogens is 506 g/mol. The van der Waals surface area contributed by atoms with Crippen molar-refractivity contribution in [2.45, 2.75) is 11.8 Å². The molecule has 1 amide bonds. The third-order valence-corrected chi connectivity index (χ3v) is 7.12. The number of nitrogens with one attached hydrogen (secondary N) is 1. The number of carbonyl (C=O) groups is 2. The quantitative estimate of drug-likeness (QED) is 0.244. The molecule has 0 aromatic heterocycles. The first kappa shape index (κ1) is 26.7. The van der Waals surface area contributed by atoms with Crippen LogP contribution in [0.25, 0.3) is 0 Å². The fraction of sp³-hybridized carbons (Fsp3) is 0.160. The van der Waals surface area contributed by atoms with E-state index in [-0.39, 0.29) is 17.2 Å². The highest BCUT2D eigenvalue weighted by molar-refractivity contribution is 7.92. The smallest absolute Gasteiger partial charge is 0.343 e. The zero-order valence-corrected chi connectivity index (χ0v) is 21.1. The zero-order chi connectivity index (χ0) is 26.1. The molecule has 0 heterocycles. The number of anilines is 1. The van der Waals surface area contributed by atoms with Crippen LogP contribution in [0.15, 0.2) is 82.8 Å². The van der Waals surface area contributed by atoms with Gasteiger partial charge in [0.1, 0.15) is 12.3 Å². The number of esters is 1. The Morgan fingerprint density at radius 1 is 1.06 bits per heavy atom. The minimum Gasteiger partial charge on any atom is -0.482 e. The summed E-state index contributed by atoms with van der Waals surface area (Å²) in [5, 5.41) is 4.28. The lowest BCUT2D eigenvalue weighted by atomic mass is 10.2. The van der Waals surface area contributed by atoms with Crippen LogP contribution in [0.4, 0.5) is 5.69 Å². The fourth-order valence-electron chi connectivity index (χ4n) is 2.97. The van der Waals surface area contributed by atoms with Gasteiger partial charge in [0.15, 0.2) is 6.61 Å². The van der Waals surface area contributed by atoms with Gasteiger partial charge in [0.2, 0.25) is 0 Å². The molecule has 0 aliphatic heterocycles. The van der Waals surface area contributed by atoms with Crippen LogP contribution in [0, 0.1) is 6.92 Å². The Balaban J connectivity index is 1.72. The number of nitrogens with zero attached hydrogens (tertiary/aromatic N) is 2. The second-order valence-corrected chi connectivity index (χ2v) is 9.75. The van der Waals surface area contributed by atoms with Gasteiger partial charge in [-0.1, -0.05) is 35.9 Å². The number of hydrazone groups is 1. The van der Waals surface area contributed by atoms with Gasteiger partial charge in [-0.05, 0) is 66.6 Å². The molecule has 0 saturated heterocycles. The van der Waals surface area contributed by atoms with Crippen LogP contribution in [-0.4, -0.2) is 46.8 Å². The summed E-state index contributed by atoms with van der Waals surface area (Å²) in [4.78, 5) is 23.8. The minimum atomic E-state index is -4.06. The van der Waals surface area contributed by atoms with Crippen molar-refractivity contribution in [2.75, 3.05) is 24.6 Å². The Hall–Kier alpha value is -3.89. The maximum atomic E-state index is 13.3. The van der Waals surface area contributed by atoms with Gasteiger partial charge in [-0.25, -0.2) is 18.6 Å². The van der Waals surface area contributed by atoms with Crippen molar-refractivity contribution in [3.8, 4) is 5.75 Å². The number of amides is 1. The second-order valence-electron chi connectivity index (χ2n) is 7.49. The lowest BCUT2D eigenvalue weighted by Gasteiger charge is -2.24. The van der Waals surface area contributed by atoms with Gasteiger partial charge in [-0.15, -0.1) is 0 Å². The van der Waals surface area contributed by atoms with Crippen LogP contribution < -0.4 is 14.5 Å². The first-order valence-corrected chi connectivity index (χ1v) is 12.5. The van der Waals surface area contributed by atoms with E-state index in [2.05, 4.69) is 15.3 Å². The van der Waals surface area contributed by atoms with E-state index in [1.807, 2.05) is 0 Å². The SMILES string of the molecule is COC(=O)COc1ccc(/C=N/NC(=O)CN(c2ccc(C)c(Cl)c2)S(=O)(=O)c2ccccc2)cc1. The lowest BCUT2D eigenvalue weighted by Crippen LogP contribution is -2.39. The Morgan fingerprint density at radius 2 is 1.75 bits per heavy atom. The van der Waals surface area contributed by atoms with Gasteiger partial charge in [0.05, 0.1) is 23.9 Å². The van der Waals surface area contributed by atoms with Crippen LogP contribution in [0.1, 0.15) is 11.1 Å². The van der Waals surface area contributed by atoms with Crippen molar-refractivity contribution in [2.24, 2.45) is 5.10 Å². The molecule has 0 fully saturated rings. The summed E-state index contributed by atoms with van der Waals surface area (Å²) in [6.45, 7) is 1.06. The molecule has 36 heavy (non-hydrogen) atoms. The second kappa shape index (κ2) is 12.2. The molecule has 0 aliphatic carbocycles. The van der Waals surface area contributed by atoms with E-state index in [0.29, 0.717) is 16.3 Å². The standard InChI is InChI=1S/C25H24ClN3O6S/c1-18-8-11-20(14-23(18)26)29(36(32,33)22-6-4-3-5-7-22)16-24(30)28-27-15-19-9-12-21(13-10-19)35-17-25(31)34-2/h3-15H,16-17H2,1-2H3,(H,28,30)/b27-15+. The fourth-order valence-corrected chi connectivity index (χ4v) is 4.58. The van der Waals surface area contributed by atoms with Gasteiger partial charge >= 0.3 is 5.97 Å². The lowest BCUT2D eigenvalue weighted by molar-refractivity contribution is -0.142. The predicted octanol–water partition coefficient (Wildman–Crippen LogP) is 3.55. The van der Waals surface area contributed by atoms with Gasteiger partial charge in [0, 0.05) is 5.02 Å². The number of hydrogen-bond acceptors (Lipinski definition) is 7. The minimum absolute atomic E-state index is 0.0347. The molecule has 0 radical (unpaired) electrons. The van der Waals surface area contributed by atoms with E-state index in [0.717, 1.165) is 9.87 Å². The highest BCUT2D eigenvalue weighted by Gasteiger charge is 2.27. The number of hydrogen-bond donors (Lipinski definition) is 1. The van der Waals surface area contributed by atoms with E-state index < -0.39 is 28.4 Å². The summed E-state index contributed by atoms with van der Waals surface area (Å²) in [5.74, 6) is -0.694. The van der Waals surface area contributed by atoms with Crippen LogP contribution in [0.3, 0.4) is 0 Å². The van der Waals surface area contributed by atoms with Gasteiger partial charge in [-0.2, -0.15) is 5.10 Å². The summed E-state index contributed by atoms with van der Waals surface area (Å²) < 4.78 is 37.4. The Labute approximate surface area is 214 Å². The molecule has 0 unspecified atom stereocenters. The van der Waals surface area contributed by atoms with Crippen molar-refractivity contribution >= 4 is 45.4 Å². The number of sulfonamides is 1. The number of rotatable bonds is 10. The molecule has 0 aliphatic rings. The Kier molecular flexibility index (Phi) is 9.04. The van der Waals surface area contributed by atoms with Crippen molar-refractivity contribution in [3.05, 3.63) is 88.9 Å². The summed E-state index contributed by atoms with van der Waals surface area (Å²) in [5.41, 5.74) is 4.00. The summed E-state index contributed by atoms with van der Waals surface area (Å²) in [6.07, 6.45) is 1.39. The van der Waals surface area contributed by atoms with Crippen molar-refractivity contribution in [1.29, 1.82) is 0 Å². The molecule has 0 bridgehead atoms. The van der Waals surface area contributed by atoms with Crippen LogP contribution >= 0.6 is 11.6 Å². The molecule has 11 heteroatoms. The monoisotopic (exact) mass is 529 g/mol. The normalized spacial score (nSPS) is 11.2. The first-order chi connectivity index (χ1) is 17.2. The third-order valence-electron chi connectivity index (χ3n) is 4.93. The van der Waals surface area contributed by atoms with Gasteiger partial charge < -0.3 is 9.47 Å². The van der Waals surface area contributed by atoms with Crippen molar-refractivity contribution in [1.82, 2.24) is 5.43 Å². The van der Waals surface area contributed by atoms with Crippen LogP contribution in [0.5, 0.6) is 5.75 Å². The number of aryl methyl sites for hydroxylation is 1. The van der Waals surface area contributed by atoms with Crippen LogP contribution in [-0.2, 0) is 24.3 Å². The van der Waals surface area contributed by atoms with Gasteiger partial charge in [0.25, 0.3) is 15.9 Å².